The minimum Gasteiger partial charge on any atom is -0.386 e. The van der Waals surface area contributed by atoms with Crippen LogP contribution in [0.3, 0.4) is 0 Å². The third-order valence-electron chi connectivity index (χ3n) is 7.28. The van der Waals surface area contributed by atoms with Crippen molar-refractivity contribution in [2.45, 2.75) is 94.9 Å². The predicted molar refractivity (Wildman–Crippen MR) is 121 cm³/mol. The monoisotopic (exact) mass is 439 g/mol. The Balaban J connectivity index is 1.32. The molecule has 0 radical (unpaired) electrons. The van der Waals surface area contributed by atoms with Gasteiger partial charge < -0.3 is 21.1 Å². The molecular weight excluding hydrogens is 397 g/mol. The van der Waals surface area contributed by atoms with Crippen LogP contribution in [-0.4, -0.2) is 79.2 Å². The molecule has 0 amide bonds. The summed E-state index contributed by atoms with van der Waals surface area (Å²) in [4.78, 5) is 2.59. The van der Waals surface area contributed by atoms with Crippen molar-refractivity contribution in [2.24, 2.45) is 5.92 Å². The maximum absolute atomic E-state index is 13.5. The summed E-state index contributed by atoms with van der Waals surface area (Å²) in [6, 6.07) is 0.851. The molecule has 31 heavy (non-hydrogen) atoms. The largest absolute Gasteiger partial charge is 0.386 e. The van der Waals surface area contributed by atoms with Gasteiger partial charge in [-0.1, -0.05) is 0 Å². The molecule has 2 saturated heterocycles. The highest BCUT2D eigenvalue weighted by molar-refractivity contribution is 4.95. The maximum atomic E-state index is 13.5. The Morgan fingerprint density at radius 2 is 1.90 bits per heavy atom. The quantitative estimate of drug-likeness (QED) is 0.268. The molecule has 5 unspecified atom stereocenters. The summed E-state index contributed by atoms with van der Waals surface area (Å²) in [6.07, 6.45) is 10.1. The number of halogens is 1. The van der Waals surface area contributed by atoms with Crippen molar-refractivity contribution in [1.29, 1.82) is 0 Å². The molecule has 9 heteroatoms. The van der Waals surface area contributed by atoms with Crippen LogP contribution in [0.25, 0.3) is 0 Å². The first kappa shape index (κ1) is 23.2. The van der Waals surface area contributed by atoms with Crippen LogP contribution in [0.1, 0.15) is 51.9 Å². The molecule has 1 aliphatic carbocycles. The predicted octanol–water partition coefficient (Wildman–Crippen LogP) is 0.0904. The van der Waals surface area contributed by atoms with E-state index in [1.165, 1.54) is 0 Å². The van der Waals surface area contributed by atoms with Crippen LogP contribution in [0.15, 0.2) is 12.4 Å². The number of nitrogens with one attached hydrogen (secondary N) is 6. The first-order valence-corrected chi connectivity index (χ1v) is 12.3. The van der Waals surface area contributed by atoms with Crippen LogP contribution in [0, 0.1) is 5.92 Å². The molecule has 3 aliphatic heterocycles. The molecule has 3 fully saturated rings. The molecule has 0 bridgehead atoms. The van der Waals surface area contributed by atoms with Crippen LogP contribution in [-0.2, 0) is 0 Å². The fraction of sp³-hybridized carbons (Fsp3) is 0.909. The van der Waals surface area contributed by atoms with Crippen molar-refractivity contribution in [1.82, 2.24) is 36.8 Å². The Morgan fingerprint density at radius 1 is 1.10 bits per heavy atom. The second-order valence-electron chi connectivity index (χ2n) is 9.87. The Kier molecular flexibility index (Phi) is 8.42. The van der Waals surface area contributed by atoms with E-state index in [-0.39, 0.29) is 18.5 Å². The lowest BCUT2D eigenvalue weighted by atomic mass is 9.88. The fourth-order valence-electron chi connectivity index (χ4n) is 5.62. The van der Waals surface area contributed by atoms with E-state index in [0.29, 0.717) is 18.0 Å². The van der Waals surface area contributed by atoms with Crippen molar-refractivity contribution in [3.8, 4) is 0 Å². The summed E-state index contributed by atoms with van der Waals surface area (Å²) in [5, 5.41) is 30.9. The molecule has 0 aromatic rings. The number of nitrogens with zero attached hydrogens (tertiary/aromatic N) is 1. The van der Waals surface area contributed by atoms with Crippen LogP contribution in [0.5, 0.6) is 0 Å². The molecule has 0 spiro atoms. The van der Waals surface area contributed by atoms with Gasteiger partial charge in [-0.25, -0.2) is 4.39 Å². The number of aliphatic hydroxyl groups excluding tert-OH is 1. The molecule has 8 nitrogen and oxygen atoms in total. The van der Waals surface area contributed by atoms with Gasteiger partial charge in [-0.3, -0.25) is 20.9 Å². The third kappa shape index (κ3) is 7.00. The van der Waals surface area contributed by atoms with Crippen molar-refractivity contribution >= 4 is 0 Å². The number of aliphatic hydroxyl groups is 1. The van der Waals surface area contributed by atoms with Crippen LogP contribution < -0.4 is 31.9 Å². The number of likely N-dealkylation sites (tertiary alicyclic amines) is 1. The van der Waals surface area contributed by atoms with E-state index in [1.807, 2.05) is 12.4 Å². The van der Waals surface area contributed by atoms with Gasteiger partial charge in [-0.05, 0) is 64.3 Å². The lowest BCUT2D eigenvalue weighted by Crippen LogP contribution is -2.65. The second kappa shape index (κ2) is 11.2. The van der Waals surface area contributed by atoms with E-state index in [2.05, 4.69) is 36.8 Å². The molecule has 4 rings (SSSR count). The Labute approximate surface area is 186 Å². The van der Waals surface area contributed by atoms with E-state index in [9.17, 15) is 9.50 Å². The lowest BCUT2D eigenvalue weighted by Gasteiger charge is -2.43. The van der Waals surface area contributed by atoms with E-state index in [1.54, 1.807) is 6.92 Å². The van der Waals surface area contributed by atoms with Gasteiger partial charge in [0, 0.05) is 44.1 Å². The van der Waals surface area contributed by atoms with Crippen molar-refractivity contribution < 1.29 is 9.50 Å². The Bertz CT molecular complexity index is 572. The molecular formula is C22H42FN7O. The van der Waals surface area contributed by atoms with Gasteiger partial charge in [0.2, 0.25) is 0 Å². The van der Waals surface area contributed by atoms with Crippen LogP contribution >= 0.6 is 0 Å². The zero-order chi connectivity index (χ0) is 21.6. The maximum Gasteiger partial charge on any atom is 0.102 e. The molecule has 1 saturated carbocycles. The highest BCUT2D eigenvalue weighted by Crippen LogP contribution is 2.27. The number of piperidine rings is 1. The number of alkyl halides is 1. The minimum absolute atomic E-state index is 0.199. The topological polar surface area (TPSA) is 95.7 Å². The summed E-state index contributed by atoms with van der Waals surface area (Å²) < 4.78 is 13.5. The number of rotatable bonds is 8. The summed E-state index contributed by atoms with van der Waals surface area (Å²) >= 11 is 0. The van der Waals surface area contributed by atoms with Gasteiger partial charge in [0.1, 0.15) is 12.4 Å². The molecule has 3 heterocycles. The SMILES string of the molecule is CC(O)N[C@H]1CCN(C2CC(NC[C@H]3CC[C@@H](F)CC3)NC(NC3CNC=CN3)C2)C1. The van der Waals surface area contributed by atoms with E-state index in [4.69, 9.17) is 0 Å². The van der Waals surface area contributed by atoms with Crippen LogP contribution in [0.4, 0.5) is 4.39 Å². The highest BCUT2D eigenvalue weighted by Gasteiger charge is 2.36. The van der Waals surface area contributed by atoms with Gasteiger partial charge >= 0.3 is 0 Å². The van der Waals surface area contributed by atoms with Crippen LogP contribution in [0.2, 0.25) is 0 Å². The van der Waals surface area contributed by atoms with Crippen molar-refractivity contribution in [2.75, 3.05) is 26.2 Å². The third-order valence-corrected chi connectivity index (χ3v) is 7.28. The Morgan fingerprint density at radius 3 is 2.65 bits per heavy atom. The lowest BCUT2D eigenvalue weighted by molar-refractivity contribution is 0.103. The molecule has 7 N–H and O–H groups in total. The Hall–Kier alpha value is -0.970. The summed E-state index contributed by atoms with van der Waals surface area (Å²) in [6.45, 7) is 5.67. The van der Waals surface area contributed by atoms with E-state index >= 15 is 0 Å². The molecule has 6 atom stereocenters. The number of hydrogen-bond donors (Lipinski definition) is 7. The summed E-state index contributed by atoms with van der Waals surface area (Å²) in [5.74, 6) is 0.585. The summed E-state index contributed by atoms with van der Waals surface area (Å²) in [5.41, 5.74) is 0. The van der Waals surface area contributed by atoms with Crippen molar-refractivity contribution in [3.05, 3.63) is 12.4 Å². The molecule has 0 aromatic heterocycles. The zero-order valence-electron chi connectivity index (χ0n) is 18.8. The standard InChI is InChI=1S/C22H42FN7O/c1-15(31)27-18-6-9-30(14-18)19-10-20(26-12-16-2-4-17(23)5-3-16)28-21(11-19)29-22-13-24-7-8-25-22/h7-8,15-22,24-29,31H,2-6,9-14H2,1H3/t15?,16-,17+,18-,19?,20?,21?,22?/m0/s1. The van der Waals surface area contributed by atoms with Gasteiger partial charge in [-0.2, -0.15) is 0 Å². The highest BCUT2D eigenvalue weighted by atomic mass is 19.1. The van der Waals surface area contributed by atoms with Gasteiger partial charge in [-0.15, -0.1) is 0 Å². The average molecular weight is 440 g/mol. The van der Waals surface area contributed by atoms with Gasteiger partial charge in [0.05, 0.1) is 18.5 Å². The fourth-order valence-corrected chi connectivity index (χ4v) is 5.62. The summed E-state index contributed by atoms with van der Waals surface area (Å²) in [7, 11) is 0. The van der Waals surface area contributed by atoms with Crippen molar-refractivity contribution in [3.63, 3.8) is 0 Å². The smallest absolute Gasteiger partial charge is 0.102 e. The zero-order valence-corrected chi connectivity index (χ0v) is 18.8. The molecule has 0 aromatic carbocycles. The first-order chi connectivity index (χ1) is 15.0. The number of hydrogen-bond acceptors (Lipinski definition) is 8. The second-order valence-corrected chi connectivity index (χ2v) is 9.87. The van der Waals surface area contributed by atoms with E-state index < -0.39 is 12.4 Å². The normalized spacial score (nSPS) is 40.3. The minimum atomic E-state index is -0.592. The van der Waals surface area contributed by atoms with Gasteiger partial charge in [0.25, 0.3) is 0 Å². The molecule has 4 aliphatic rings. The average Bonchev–Trinajstić information content (AvgIpc) is 3.22. The molecule has 178 valence electrons. The van der Waals surface area contributed by atoms with E-state index in [0.717, 1.165) is 71.1 Å². The first-order valence-electron chi connectivity index (χ1n) is 12.3. The van der Waals surface area contributed by atoms with Gasteiger partial charge in [0.15, 0.2) is 0 Å².